The molecule has 0 unspecified atom stereocenters. The van der Waals surface area contributed by atoms with Crippen LogP contribution in [0.5, 0.6) is 0 Å². The summed E-state index contributed by atoms with van der Waals surface area (Å²) in [5, 5.41) is 2.14. The van der Waals surface area contributed by atoms with Gasteiger partial charge in [0.15, 0.2) is 0 Å². The summed E-state index contributed by atoms with van der Waals surface area (Å²) in [6.45, 7) is 1.90. The second-order valence-corrected chi connectivity index (χ2v) is 5.54. The zero-order chi connectivity index (χ0) is 11.8. The quantitative estimate of drug-likeness (QED) is 0.788. The Balaban J connectivity index is 2.57. The molecule has 2 aromatic carbocycles. The minimum Gasteiger partial charge on any atom is -0.324 e. The van der Waals surface area contributed by atoms with Crippen LogP contribution in [0.15, 0.2) is 36.4 Å². The molecule has 0 heterocycles. The lowest BCUT2D eigenvalue weighted by molar-refractivity contribution is 0.371. The first-order valence-corrected chi connectivity index (χ1v) is 6.79. The van der Waals surface area contributed by atoms with Crippen molar-refractivity contribution in [2.45, 2.75) is 13.1 Å². The van der Waals surface area contributed by atoms with Gasteiger partial charge < -0.3 is 9.79 Å². The Morgan fingerprint density at radius 1 is 1.12 bits per heavy atom. The fourth-order valence-electron chi connectivity index (χ4n) is 1.87. The van der Waals surface area contributed by atoms with Crippen LogP contribution in [0, 0.1) is 6.92 Å². The molecule has 0 atom stereocenters. The van der Waals surface area contributed by atoms with Crippen LogP contribution in [0.4, 0.5) is 0 Å². The molecule has 0 saturated carbocycles. The Labute approximate surface area is 93.9 Å². The Morgan fingerprint density at radius 2 is 1.81 bits per heavy atom. The summed E-state index contributed by atoms with van der Waals surface area (Å²) >= 11 is 0. The van der Waals surface area contributed by atoms with E-state index in [4.69, 9.17) is 9.79 Å². The average molecular weight is 236 g/mol. The van der Waals surface area contributed by atoms with Crippen molar-refractivity contribution in [3.8, 4) is 0 Å². The van der Waals surface area contributed by atoms with Crippen molar-refractivity contribution in [1.82, 2.24) is 0 Å². The van der Waals surface area contributed by atoms with Gasteiger partial charge in [0.05, 0.1) is 6.16 Å². The van der Waals surface area contributed by atoms with Gasteiger partial charge in [-0.1, -0.05) is 36.4 Å². The van der Waals surface area contributed by atoms with Crippen molar-refractivity contribution < 1.29 is 14.4 Å². The van der Waals surface area contributed by atoms with E-state index in [0.29, 0.717) is 5.56 Å². The molecule has 2 rings (SSSR count). The molecule has 0 aliphatic heterocycles. The van der Waals surface area contributed by atoms with Gasteiger partial charge in [0.2, 0.25) is 0 Å². The van der Waals surface area contributed by atoms with E-state index in [9.17, 15) is 4.57 Å². The highest BCUT2D eigenvalue weighted by Gasteiger charge is 2.16. The van der Waals surface area contributed by atoms with Crippen molar-refractivity contribution >= 4 is 18.4 Å². The Morgan fingerprint density at radius 3 is 2.50 bits per heavy atom. The van der Waals surface area contributed by atoms with Crippen LogP contribution in [0.2, 0.25) is 0 Å². The summed E-state index contributed by atoms with van der Waals surface area (Å²) in [6, 6.07) is 11.5. The highest BCUT2D eigenvalue weighted by molar-refractivity contribution is 7.50. The van der Waals surface area contributed by atoms with Crippen molar-refractivity contribution in [3.63, 3.8) is 0 Å². The number of fused-ring (bicyclic) bond motifs is 1. The van der Waals surface area contributed by atoms with Crippen LogP contribution >= 0.6 is 7.60 Å². The lowest BCUT2D eigenvalue weighted by atomic mass is 10.0. The molecule has 3 nitrogen and oxygen atoms in total. The molecular formula is C12H13O3P. The monoisotopic (exact) mass is 236 g/mol. The molecule has 0 aromatic heterocycles. The summed E-state index contributed by atoms with van der Waals surface area (Å²) < 4.78 is 11.0. The molecule has 0 aliphatic carbocycles. The highest BCUT2D eigenvalue weighted by atomic mass is 31.2. The summed E-state index contributed by atoms with van der Waals surface area (Å²) in [4.78, 5) is 18.0. The average Bonchev–Trinajstić information content (AvgIpc) is 2.21. The molecule has 0 fully saturated rings. The first-order chi connectivity index (χ1) is 7.47. The molecule has 84 valence electrons. The Bertz CT molecular complexity index is 571. The molecule has 2 N–H and O–H groups in total. The number of rotatable bonds is 2. The fourth-order valence-corrected chi connectivity index (χ4v) is 2.65. The van der Waals surface area contributed by atoms with Crippen LogP contribution in [0.25, 0.3) is 10.8 Å². The fraction of sp³-hybridized carbons (Fsp3) is 0.167. The second kappa shape index (κ2) is 4.02. The molecule has 4 heteroatoms. The van der Waals surface area contributed by atoms with Crippen LogP contribution in [0.1, 0.15) is 11.1 Å². The van der Waals surface area contributed by atoms with Gasteiger partial charge in [0, 0.05) is 0 Å². The van der Waals surface area contributed by atoms with Gasteiger partial charge in [-0.15, -0.1) is 0 Å². The van der Waals surface area contributed by atoms with Crippen LogP contribution in [-0.4, -0.2) is 9.79 Å². The van der Waals surface area contributed by atoms with Crippen LogP contribution in [0.3, 0.4) is 0 Å². The van der Waals surface area contributed by atoms with Crippen molar-refractivity contribution in [3.05, 3.63) is 47.5 Å². The highest BCUT2D eigenvalue weighted by Crippen LogP contribution is 2.40. The predicted molar refractivity (Wildman–Crippen MR) is 64.4 cm³/mol. The van der Waals surface area contributed by atoms with Gasteiger partial charge in [0.25, 0.3) is 0 Å². The Kier molecular flexibility index (Phi) is 2.85. The van der Waals surface area contributed by atoms with Gasteiger partial charge >= 0.3 is 7.60 Å². The van der Waals surface area contributed by atoms with E-state index in [1.807, 2.05) is 37.3 Å². The minimum absolute atomic E-state index is 0.191. The third kappa shape index (κ3) is 2.33. The van der Waals surface area contributed by atoms with E-state index in [1.54, 1.807) is 6.07 Å². The van der Waals surface area contributed by atoms with Crippen LogP contribution in [-0.2, 0) is 10.7 Å². The van der Waals surface area contributed by atoms with E-state index in [1.165, 1.54) is 0 Å². The number of aryl methyl sites for hydroxylation is 1. The largest absolute Gasteiger partial charge is 0.329 e. The topological polar surface area (TPSA) is 57.5 Å². The van der Waals surface area contributed by atoms with Gasteiger partial charge in [0.1, 0.15) is 0 Å². The normalized spacial score (nSPS) is 11.9. The SMILES string of the molecule is Cc1c(CP(=O)(O)O)ccc2ccccc12. The van der Waals surface area contributed by atoms with Gasteiger partial charge in [-0.05, 0) is 28.8 Å². The smallest absolute Gasteiger partial charge is 0.324 e. The number of hydrogen-bond donors (Lipinski definition) is 2. The van der Waals surface area contributed by atoms with Gasteiger partial charge in [-0.3, -0.25) is 4.57 Å². The van der Waals surface area contributed by atoms with Crippen LogP contribution < -0.4 is 0 Å². The maximum Gasteiger partial charge on any atom is 0.329 e. The van der Waals surface area contributed by atoms with E-state index < -0.39 is 7.60 Å². The molecule has 0 amide bonds. The molecule has 0 radical (unpaired) electrons. The molecule has 16 heavy (non-hydrogen) atoms. The van der Waals surface area contributed by atoms with Crippen molar-refractivity contribution in [2.75, 3.05) is 0 Å². The zero-order valence-corrected chi connectivity index (χ0v) is 9.82. The third-order valence-electron chi connectivity index (χ3n) is 2.69. The lowest BCUT2D eigenvalue weighted by Crippen LogP contribution is -1.92. The molecule has 0 bridgehead atoms. The molecule has 0 spiro atoms. The van der Waals surface area contributed by atoms with Gasteiger partial charge in [-0.2, -0.15) is 0 Å². The summed E-state index contributed by atoms with van der Waals surface area (Å²) in [5.41, 5.74) is 1.66. The lowest BCUT2D eigenvalue weighted by Gasteiger charge is -2.10. The van der Waals surface area contributed by atoms with Crippen molar-refractivity contribution in [1.29, 1.82) is 0 Å². The maximum atomic E-state index is 11.0. The number of hydrogen-bond acceptors (Lipinski definition) is 1. The molecule has 0 saturated heterocycles. The molecule has 2 aromatic rings. The van der Waals surface area contributed by atoms with Gasteiger partial charge in [-0.25, -0.2) is 0 Å². The third-order valence-corrected chi connectivity index (χ3v) is 3.44. The summed E-state index contributed by atoms with van der Waals surface area (Å²) in [5.74, 6) is 0. The first-order valence-electron chi connectivity index (χ1n) is 4.99. The second-order valence-electron chi connectivity index (χ2n) is 3.89. The van der Waals surface area contributed by atoms with Crippen molar-refractivity contribution in [2.24, 2.45) is 0 Å². The van der Waals surface area contributed by atoms with E-state index >= 15 is 0 Å². The first kappa shape index (κ1) is 11.3. The van der Waals surface area contributed by atoms with E-state index in [0.717, 1.165) is 16.3 Å². The minimum atomic E-state index is -3.99. The van der Waals surface area contributed by atoms with E-state index in [2.05, 4.69) is 0 Å². The molecular weight excluding hydrogens is 223 g/mol. The Hall–Kier alpha value is -1.15. The maximum absolute atomic E-state index is 11.0. The molecule has 0 aliphatic rings. The van der Waals surface area contributed by atoms with E-state index in [-0.39, 0.29) is 6.16 Å². The summed E-state index contributed by atoms with van der Waals surface area (Å²) in [7, 11) is -3.99. The zero-order valence-electron chi connectivity index (χ0n) is 8.92. The predicted octanol–water partition coefficient (Wildman–Crippen LogP) is 2.83. The summed E-state index contributed by atoms with van der Waals surface area (Å²) in [6.07, 6.45) is -0.191. The standard InChI is InChI=1S/C12H13O3P/c1-9-11(8-16(13,14)15)7-6-10-4-2-3-5-12(9)10/h2-7H,8H2,1H3,(H2,13,14,15). The number of benzene rings is 2.